The largest absolute Gasteiger partial charge is 0.491 e. The van der Waals surface area contributed by atoms with Gasteiger partial charge < -0.3 is 9.68 Å². The molecule has 0 spiro atoms. The van der Waals surface area contributed by atoms with Crippen LogP contribution >= 0.6 is 0 Å². The zero-order valence-electron chi connectivity index (χ0n) is 13.5. The standard InChI is InChI=1S/C17H19BO4S/c1-11-6-12(2)17(13(3)7-11)23(20,21)10-14-4-5-15-9-22-18(19)16(15)8-14/h4-8,19H,9-10H2,1-3H3. The first-order valence-electron chi connectivity index (χ1n) is 7.50. The summed E-state index contributed by atoms with van der Waals surface area (Å²) in [6, 6.07) is 9.12. The first-order valence-corrected chi connectivity index (χ1v) is 9.15. The van der Waals surface area contributed by atoms with Crippen LogP contribution in [0.5, 0.6) is 0 Å². The molecule has 0 saturated heterocycles. The highest BCUT2D eigenvalue weighted by atomic mass is 32.2. The average molecular weight is 330 g/mol. The van der Waals surface area contributed by atoms with Crippen LogP contribution in [0.3, 0.4) is 0 Å². The predicted octanol–water partition coefficient (Wildman–Crippen LogP) is 1.80. The lowest BCUT2D eigenvalue weighted by Crippen LogP contribution is -2.28. The van der Waals surface area contributed by atoms with Gasteiger partial charge in [-0.3, -0.25) is 0 Å². The molecule has 2 aromatic carbocycles. The van der Waals surface area contributed by atoms with Gasteiger partial charge in [0.15, 0.2) is 9.84 Å². The van der Waals surface area contributed by atoms with Gasteiger partial charge in [0.25, 0.3) is 0 Å². The highest BCUT2D eigenvalue weighted by Crippen LogP contribution is 2.25. The van der Waals surface area contributed by atoms with Crippen molar-refractivity contribution in [3.8, 4) is 0 Å². The summed E-state index contributed by atoms with van der Waals surface area (Å²) in [7, 11) is -4.41. The number of benzene rings is 2. The van der Waals surface area contributed by atoms with Gasteiger partial charge in [0.1, 0.15) is 0 Å². The molecular weight excluding hydrogens is 311 g/mol. The molecule has 0 unspecified atom stereocenters. The van der Waals surface area contributed by atoms with Crippen LogP contribution in [0.25, 0.3) is 0 Å². The molecule has 0 radical (unpaired) electrons. The minimum Gasteiger partial charge on any atom is -0.423 e. The molecule has 0 aromatic heterocycles. The number of fused-ring (bicyclic) bond motifs is 1. The van der Waals surface area contributed by atoms with E-state index < -0.39 is 17.0 Å². The van der Waals surface area contributed by atoms with Crippen LogP contribution in [0.4, 0.5) is 0 Å². The van der Waals surface area contributed by atoms with E-state index in [9.17, 15) is 13.4 Å². The third-order valence-corrected chi connectivity index (χ3v) is 6.12. The molecule has 23 heavy (non-hydrogen) atoms. The van der Waals surface area contributed by atoms with Crippen molar-refractivity contribution in [3.05, 3.63) is 58.1 Å². The molecule has 120 valence electrons. The lowest BCUT2D eigenvalue weighted by molar-refractivity contribution is 0.275. The molecule has 0 atom stereocenters. The zero-order valence-corrected chi connectivity index (χ0v) is 14.3. The van der Waals surface area contributed by atoms with Crippen molar-refractivity contribution in [3.63, 3.8) is 0 Å². The molecule has 0 aliphatic carbocycles. The highest BCUT2D eigenvalue weighted by molar-refractivity contribution is 7.90. The second-order valence-corrected chi connectivity index (χ2v) is 8.11. The minimum atomic E-state index is -3.45. The molecule has 6 heteroatoms. The Morgan fingerprint density at radius 3 is 2.43 bits per heavy atom. The maximum absolute atomic E-state index is 12.8. The van der Waals surface area contributed by atoms with Crippen molar-refractivity contribution < 1.29 is 18.1 Å². The van der Waals surface area contributed by atoms with Gasteiger partial charge in [-0.15, -0.1) is 0 Å². The van der Waals surface area contributed by atoms with Crippen molar-refractivity contribution in [2.45, 2.75) is 38.0 Å². The van der Waals surface area contributed by atoms with Gasteiger partial charge in [-0.05, 0) is 48.5 Å². The Bertz CT molecular complexity index is 851. The molecule has 3 rings (SSSR count). The second kappa shape index (κ2) is 5.78. The summed E-state index contributed by atoms with van der Waals surface area (Å²) in [4.78, 5) is 0.403. The fourth-order valence-corrected chi connectivity index (χ4v) is 5.16. The second-order valence-electron chi connectivity index (χ2n) is 6.18. The van der Waals surface area contributed by atoms with Crippen molar-refractivity contribution in [1.29, 1.82) is 0 Å². The van der Waals surface area contributed by atoms with E-state index in [0.29, 0.717) is 22.5 Å². The van der Waals surface area contributed by atoms with Crippen LogP contribution in [-0.2, 0) is 26.9 Å². The molecule has 0 amide bonds. The molecule has 1 heterocycles. The Balaban J connectivity index is 1.98. The van der Waals surface area contributed by atoms with E-state index in [1.165, 1.54) is 0 Å². The van der Waals surface area contributed by atoms with Gasteiger partial charge in [-0.2, -0.15) is 0 Å². The first kappa shape index (κ1) is 16.2. The van der Waals surface area contributed by atoms with Gasteiger partial charge in [0.2, 0.25) is 0 Å². The summed E-state index contributed by atoms with van der Waals surface area (Å²) in [5.74, 6) is -0.0856. The molecule has 2 aromatic rings. The number of sulfone groups is 1. The smallest absolute Gasteiger partial charge is 0.423 e. The van der Waals surface area contributed by atoms with Crippen LogP contribution in [0.2, 0.25) is 0 Å². The summed E-state index contributed by atoms with van der Waals surface area (Å²) in [6.45, 7) is 5.97. The molecule has 1 aliphatic heterocycles. The SMILES string of the molecule is Cc1cc(C)c(S(=O)(=O)Cc2ccc3c(c2)B(O)OC3)c(C)c1. The number of rotatable bonds is 3. The van der Waals surface area contributed by atoms with Crippen LogP contribution in [-0.4, -0.2) is 20.6 Å². The topological polar surface area (TPSA) is 63.6 Å². The minimum absolute atomic E-state index is 0.0856. The van der Waals surface area contributed by atoms with Gasteiger partial charge >= 0.3 is 7.12 Å². The predicted molar refractivity (Wildman–Crippen MR) is 90.4 cm³/mol. The quantitative estimate of drug-likeness (QED) is 0.872. The maximum Gasteiger partial charge on any atom is 0.491 e. The first-order chi connectivity index (χ1) is 10.8. The van der Waals surface area contributed by atoms with Gasteiger partial charge in [0, 0.05) is 0 Å². The Kier molecular flexibility index (Phi) is 4.08. The zero-order chi connectivity index (χ0) is 16.8. The van der Waals surface area contributed by atoms with E-state index in [1.807, 2.05) is 39.0 Å². The summed E-state index contributed by atoms with van der Waals surface area (Å²) in [5, 5.41) is 9.77. The van der Waals surface area contributed by atoms with Crippen molar-refractivity contribution in [2.24, 2.45) is 0 Å². The molecule has 1 aliphatic rings. The molecule has 0 fully saturated rings. The molecule has 0 bridgehead atoms. The number of aryl methyl sites for hydroxylation is 3. The summed E-state index contributed by atoms with van der Waals surface area (Å²) >= 11 is 0. The van der Waals surface area contributed by atoms with E-state index in [1.54, 1.807) is 12.1 Å². The third kappa shape index (κ3) is 3.07. The van der Waals surface area contributed by atoms with Crippen molar-refractivity contribution in [1.82, 2.24) is 0 Å². The summed E-state index contributed by atoms with van der Waals surface area (Å²) in [5.41, 5.74) is 4.82. The van der Waals surface area contributed by atoms with E-state index >= 15 is 0 Å². The van der Waals surface area contributed by atoms with E-state index in [4.69, 9.17) is 4.65 Å². The normalized spacial score (nSPS) is 14.2. The lowest BCUT2D eigenvalue weighted by atomic mass is 9.79. The van der Waals surface area contributed by atoms with Gasteiger partial charge in [0.05, 0.1) is 17.3 Å². The van der Waals surface area contributed by atoms with Gasteiger partial charge in [-0.25, -0.2) is 8.42 Å². The molecule has 1 N–H and O–H groups in total. The Morgan fingerprint density at radius 2 is 1.78 bits per heavy atom. The Labute approximate surface area is 137 Å². The van der Waals surface area contributed by atoms with Crippen molar-refractivity contribution >= 4 is 22.4 Å². The molecule has 4 nitrogen and oxygen atoms in total. The lowest BCUT2D eigenvalue weighted by Gasteiger charge is -2.13. The summed E-state index contributed by atoms with van der Waals surface area (Å²) < 4.78 is 30.8. The van der Waals surface area contributed by atoms with Crippen molar-refractivity contribution in [2.75, 3.05) is 0 Å². The maximum atomic E-state index is 12.8. The third-order valence-electron chi connectivity index (χ3n) is 4.15. The van der Waals surface area contributed by atoms with E-state index in [-0.39, 0.29) is 5.75 Å². The highest BCUT2D eigenvalue weighted by Gasteiger charge is 2.28. The Hall–Kier alpha value is -1.63. The molecular formula is C17H19BO4S. The van der Waals surface area contributed by atoms with Crippen LogP contribution in [0.15, 0.2) is 35.2 Å². The van der Waals surface area contributed by atoms with Crippen LogP contribution in [0, 0.1) is 20.8 Å². The monoisotopic (exact) mass is 330 g/mol. The molecule has 0 saturated carbocycles. The Morgan fingerprint density at radius 1 is 1.13 bits per heavy atom. The number of hydrogen-bond donors (Lipinski definition) is 1. The summed E-state index contributed by atoms with van der Waals surface area (Å²) in [6.07, 6.45) is 0. The van der Waals surface area contributed by atoms with E-state index in [2.05, 4.69) is 0 Å². The van der Waals surface area contributed by atoms with Gasteiger partial charge in [-0.1, -0.05) is 35.9 Å². The number of hydrogen-bond acceptors (Lipinski definition) is 4. The average Bonchev–Trinajstić information content (AvgIpc) is 2.78. The fraction of sp³-hybridized carbons (Fsp3) is 0.294. The van der Waals surface area contributed by atoms with Crippen LogP contribution < -0.4 is 5.46 Å². The van der Waals surface area contributed by atoms with E-state index in [0.717, 1.165) is 22.3 Å². The van der Waals surface area contributed by atoms with Crippen LogP contribution in [0.1, 0.15) is 27.8 Å². The fourth-order valence-electron chi connectivity index (χ4n) is 3.30.